The number of carbonyl (C=O) groups is 1. The summed E-state index contributed by atoms with van der Waals surface area (Å²) in [7, 11) is 1.61. The standard InChI is InChI=1S/C15H14BrN3O2S/c1-21-10-2-5-14-18-12(9-19(14)8-10)15(20)17-7-6-11-3-4-13(16)22-11/h2-5,8-9H,6-7H2,1H3,(H,17,20). The molecule has 0 saturated heterocycles. The summed E-state index contributed by atoms with van der Waals surface area (Å²) < 4.78 is 8.04. The van der Waals surface area contributed by atoms with Crippen molar-refractivity contribution in [3.8, 4) is 5.75 Å². The molecule has 0 saturated carbocycles. The zero-order chi connectivity index (χ0) is 15.5. The first kappa shape index (κ1) is 15.1. The van der Waals surface area contributed by atoms with E-state index in [2.05, 4.69) is 32.3 Å². The molecule has 0 atom stereocenters. The van der Waals surface area contributed by atoms with E-state index in [1.807, 2.05) is 18.2 Å². The third-order valence-corrected chi connectivity index (χ3v) is 4.86. The van der Waals surface area contributed by atoms with E-state index in [-0.39, 0.29) is 5.91 Å². The largest absolute Gasteiger partial charge is 0.495 e. The van der Waals surface area contributed by atoms with Crippen molar-refractivity contribution in [3.63, 3.8) is 0 Å². The Morgan fingerprint density at radius 1 is 1.36 bits per heavy atom. The fourth-order valence-corrected chi connectivity index (χ4v) is 3.56. The van der Waals surface area contributed by atoms with E-state index in [0.717, 1.165) is 16.0 Å². The van der Waals surface area contributed by atoms with Crippen molar-refractivity contribution in [3.05, 3.63) is 51.0 Å². The van der Waals surface area contributed by atoms with Gasteiger partial charge in [-0.15, -0.1) is 11.3 Å². The van der Waals surface area contributed by atoms with Crippen LogP contribution in [0.3, 0.4) is 0 Å². The van der Waals surface area contributed by atoms with E-state index in [1.54, 1.807) is 35.2 Å². The Balaban J connectivity index is 1.64. The van der Waals surface area contributed by atoms with Gasteiger partial charge in [0.05, 0.1) is 17.1 Å². The molecule has 0 fully saturated rings. The van der Waals surface area contributed by atoms with Crippen LogP contribution in [0.15, 0.2) is 40.4 Å². The van der Waals surface area contributed by atoms with Crippen molar-refractivity contribution in [2.24, 2.45) is 0 Å². The molecule has 3 aromatic heterocycles. The molecule has 1 amide bonds. The number of ether oxygens (including phenoxy) is 1. The van der Waals surface area contributed by atoms with Gasteiger partial charge in [0.1, 0.15) is 17.1 Å². The Hall–Kier alpha value is -1.86. The van der Waals surface area contributed by atoms with E-state index in [0.29, 0.717) is 17.9 Å². The van der Waals surface area contributed by atoms with Crippen LogP contribution in [0.1, 0.15) is 15.4 Å². The van der Waals surface area contributed by atoms with Crippen molar-refractivity contribution in [2.45, 2.75) is 6.42 Å². The summed E-state index contributed by atoms with van der Waals surface area (Å²) in [6.07, 6.45) is 4.31. The number of amides is 1. The van der Waals surface area contributed by atoms with Crippen LogP contribution in [0.5, 0.6) is 5.75 Å². The van der Waals surface area contributed by atoms with Gasteiger partial charge in [0, 0.05) is 17.6 Å². The highest BCUT2D eigenvalue weighted by atomic mass is 79.9. The summed E-state index contributed by atoms with van der Waals surface area (Å²) in [6, 6.07) is 7.70. The number of pyridine rings is 1. The predicted molar refractivity (Wildman–Crippen MR) is 89.8 cm³/mol. The van der Waals surface area contributed by atoms with E-state index < -0.39 is 0 Å². The van der Waals surface area contributed by atoms with Crippen molar-refractivity contribution in [2.75, 3.05) is 13.7 Å². The second-order valence-corrected chi connectivity index (χ2v) is 7.22. The summed E-state index contributed by atoms with van der Waals surface area (Å²) in [5.41, 5.74) is 1.12. The molecule has 0 bridgehead atoms. The van der Waals surface area contributed by atoms with Crippen molar-refractivity contribution in [1.29, 1.82) is 0 Å². The number of methoxy groups -OCH3 is 1. The quantitative estimate of drug-likeness (QED) is 0.740. The molecule has 5 nitrogen and oxygen atoms in total. The van der Waals surface area contributed by atoms with Crippen LogP contribution in [-0.2, 0) is 6.42 Å². The Bertz CT molecular complexity index is 812. The van der Waals surface area contributed by atoms with Gasteiger partial charge in [-0.05, 0) is 46.6 Å². The molecule has 114 valence electrons. The van der Waals surface area contributed by atoms with Gasteiger partial charge in [-0.25, -0.2) is 4.98 Å². The third-order valence-electron chi connectivity index (χ3n) is 3.18. The van der Waals surface area contributed by atoms with Crippen LogP contribution >= 0.6 is 27.3 Å². The smallest absolute Gasteiger partial charge is 0.271 e. The van der Waals surface area contributed by atoms with Crippen LogP contribution in [0.25, 0.3) is 5.65 Å². The molecule has 3 aromatic rings. The first-order chi connectivity index (χ1) is 10.7. The van der Waals surface area contributed by atoms with Gasteiger partial charge in [0.25, 0.3) is 5.91 Å². The van der Waals surface area contributed by atoms with E-state index in [4.69, 9.17) is 4.74 Å². The number of carbonyl (C=O) groups excluding carboxylic acids is 1. The van der Waals surface area contributed by atoms with Crippen LogP contribution < -0.4 is 10.1 Å². The minimum Gasteiger partial charge on any atom is -0.495 e. The second-order valence-electron chi connectivity index (χ2n) is 4.67. The first-order valence-corrected chi connectivity index (χ1v) is 8.32. The van der Waals surface area contributed by atoms with Gasteiger partial charge in [-0.1, -0.05) is 0 Å². The normalized spacial score (nSPS) is 10.8. The number of fused-ring (bicyclic) bond motifs is 1. The molecule has 0 unspecified atom stereocenters. The van der Waals surface area contributed by atoms with E-state index in [9.17, 15) is 4.79 Å². The molecule has 0 aliphatic carbocycles. The number of halogens is 1. The first-order valence-electron chi connectivity index (χ1n) is 6.71. The highest BCUT2D eigenvalue weighted by molar-refractivity contribution is 9.11. The van der Waals surface area contributed by atoms with Gasteiger partial charge < -0.3 is 14.5 Å². The predicted octanol–water partition coefficient (Wildman–Crippen LogP) is 3.14. The Labute approximate surface area is 140 Å². The fourth-order valence-electron chi connectivity index (χ4n) is 2.08. The highest BCUT2D eigenvalue weighted by Crippen LogP contribution is 2.22. The SMILES string of the molecule is COc1ccc2nc(C(=O)NCCc3ccc(Br)s3)cn2c1. The van der Waals surface area contributed by atoms with Gasteiger partial charge >= 0.3 is 0 Å². The van der Waals surface area contributed by atoms with Crippen molar-refractivity contribution in [1.82, 2.24) is 14.7 Å². The molecule has 3 heterocycles. The maximum absolute atomic E-state index is 12.1. The summed E-state index contributed by atoms with van der Waals surface area (Å²) >= 11 is 5.10. The van der Waals surface area contributed by atoms with Gasteiger partial charge in [0.15, 0.2) is 0 Å². The Morgan fingerprint density at radius 2 is 2.23 bits per heavy atom. The minimum atomic E-state index is -0.168. The average molecular weight is 380 g/mol. The Kier molecular flexibility index (Phi) is 4.44. The number of rotatable bonds is 5. The monoisotopic (exact) mass is 379 g/mol. The van der Waals surface area contributed by atoms with Crippen molar-refractivity contribution >= 4 is 38.8 Å². The molecule has 0 aliphatic rings. The number of hydrogen-bond acceptors (Lipinski definition) is 4. The van der Waals surface area contributed by atoms with Gasteiger partial charge in [-0.3, -0.25) is 4.79 Å². The molecule has 0 aromatic carbocycles. The third kappa shape index (κ3) is 3.31. The molecule has 0 aliphatic heterocycles. The lowest BCUT2D eigenvalue weighted by Gasteiger charge is -2.01. The Morgan fingerprint density at radius 3 is 2.95 bits per heavy atom. The fraction of sp³-hybridized carbons (Fsp3) is 0.200. The molecular formula is C15H14BrN3O2S. The number of nitrogens with zero attached hydrogens (tertiary/aromatic N) is 2. The minimum absolute atomic E-state index is 0.168. The average Bonchev–Trinajstić information content (AvgIpc) is 3.12. The molecular weight excluding hydrogens is 366 g/mol. The van der Waals surface area contributed by atoms with Crippen LogP contribution in [-0.4, -0.2) is 28.9 Å². The van der Waals surface area contributed by atoms with Crippen molar-refractivity contribution < 1.29 is 9.53 Å². The lowest BCUT2D eigenvalue weighted by Crippen LogP contribution is -2.25. The number of nitrogens with one attached hydrogen (secondary N) is 1. The van der Waals surface area contributed by atoms with E-state index >= 15 is 0 Å². The molecule has 1 N–H and O–H groups in total. The summed E-state index contributed by atoms with van der Waals surface area (Å²) in [5.74, 6) is 0.554. The molecule has 7 heteroatoms. The summed E-state index contributed by atoms with van der Waals surface area (Å²) in [5, 5.41) is 2.89. The van der Waals surface area contributed by atoms with Crippen LogP contribution in [0.4, 0.5) is 0 Å². The van der Waals surface area contributed by atoms with Gasteiger partial charge in [0.2, 0.25) is 0 Å². The van der Waals surface area contributed by atoms with Gasteiger partial charge in [-0.2, -0.15) is 0 Å². The maximum atomic E-state index is 12.1. The highest BCUT2D eigenvalue weighted by Gasteiger charge is 2.10. The number of thiophene rings is 1. The number of imidazole rings is 1. The second kappa shape index (κ2) is 6.50. The molecule has 22 heavy (non-hydrogen) atoms. The maximum Gasteiger partial charge on any atom is 0.271 e. The number of aromatic nitrogens is 2. The lowest BCUT2D eigenvalue weighted by molar-refractivity contribution is 0.0950. The lowest BCUT2D eigenvalue weighted by atomic mass is 10.3. The van der Waals surface area contributed by atoms with E-state index in [1.165, 1.54) is 4.88 Å². The molecule has 0 spiro atoms. The molecule has 3 rings (SSSR count). The topological polar surface area (TPSA) is 55.6 Å². The zero-order valence-electron chi connectivity index (χ0n) is 11.9. The molecule has 0 radical (unpaired) electrons. The van der Waals surface area contributed by atoms with Crippen LogP contribution in [0.2, 0.25) is 0 Å². The van der Waals surface area contributed by atoms with Crippen LogP contribution in [0, 0.1) is 0 Å². The summed E-state index contributed by atoms with van der Waals surface area (Å²) in [4.78, 5) is 17.7. The summed E-state index contributed by atoms with van der Waals surface area (Å²) in [6.45, 7) is 0.586. The zero-order valence-corrected chi connectivity index (χ0v) is 14.3. The number of hydrogen-bond donors (Lipinski definition) is 1.